The molecule has 7 nitrogen and oxygen atoms in total. The molecule has 0 atom stereocenters. The molecule has 1 N–H and O–H groups in total. The summed E-state index contributed by atoms with van der Waals surface area (Å²) in [7, 11) is 0. The number of fused-ring (bicyclic) bond motifs is 1. The topological polar surface area (TPSA) is 98.3 Å². The second-order valence-electron chi connectivity index (χ2n) is 7.32. The SMILES string of the molecule is O=C(O)Cn1c(SCCC(c2ccccc2)c2ccccc2)nc2cc([N+](=O)[O-])ccc21. The van der Waals surface area contributed by atoms with Crippen LogP contribution in [0.15, 0.2) is 84.0 Å². The van der Waals surface area contributed by atoms with Gasteiger partial charge in [-0.15, -0.1) is 0 Å². The van der Waals surface area contributed by atoms with E-state index >= 15 is 0 Å². The Hall–Kier alpha value is -3.65. The summed E-state index contributed by atoms with van der Waals surface area (Å²) in [5.74, 6) is -0.0845. The summed E-state index contributed by atoms with van der Waals surface area (Å²) in [6.45, 7) is -0.253. The van der Waals surface area contributed by atoms with Gasteiger partial charge in [-0.2, -0.15) is 0 Å². The average Bonchev–Trinajstić information content (AvgIpc) is 3.13. The Labute approximate surface area is 188 Å². The van der Waals surface area contributed by atoms with E-state index in [0.717, 1.165) is 6.42 Å². The van der Waals surface area contributed by atoms with Crippen molar-refractivity contribution >= 4 is 34.5 Å². The summed E-state index contributed by atoms with van der Waals surface area (Å²) >= 11 is 1.47. The number of carboxylic acid groups (broad SMARTS) is 1. The molecular weight excluding hydrogens is 426 g/mol. The molecule has 0 saturated heterocycles. The Kier molecular flexibility index (Phi) is 6.51. The predicted octanol–water partition coefficient (Wildman–Crippen LogP) is 5.34. The number of aliphatic carboxylic acids is 1. The lowest BCUT2D eigenvalue weighted by atomic mass is 9.89. The molecule has 32 heavy (non-hydrogen) atoms. The minimum Gasteiger partial charge on any atom is -0.480 e. The van der Waals surface area contributed by atoms with Crippen LogP contribution in [0, 0.1) is 10.1 Å². The summed E-state index contributed by atoms with van der Waals surface area (Å²) in [4.78, 5) is 26.6. The van der Waals surface area contributed by atoms with E-state index in [1.807, 2.05) is 36.4 Å². The van der Waals surface area contributed by atoms with Crippen molar-refractivity contribution in [2.45, 2.75) is 24.0 Å². The molecule has 8 heteroatoms. The molecule has 0 fully saturated rings. The van der Waals surface area contributed by atoms with Gasteiger partial charge in [-0.3, -0.25) is 14.9 Å². The Bertz CT molecular complexity index is 1200. The Morgan fingerprint density at radius 1 is 1.03 bits per heavy atom. The van der Waals surface area contributed by atoms with Crippen LogP contribution in [0.3, 0.4) is 0 Å². The molecule has 0 aliphatic carbocycles. The minimum atomic E-state index is -0.990. The van der Waals surface area contributed by atoms with Gasteiger partial charge in [0.2, 0.25) is 0 Å². The highest BCUT2D eigenvalue weighted by Crippen LogP contribution is 2.32. The Morgan fingerprint density at radius 2 is 1.66 bits per heavy atom. The lowest BCUT2D eigenvalue weighted by Crippen LogP contribution is -2.10. The van der Waals surface area contributed by atoms with Gasteiger partial charge in [-0.1, -0.05) is 72.4 Å². The van der Waals surface area contributed by atoms with Crippen molar-refractivity contribution in [1.29, 1.82) is 0 Å². The van der Waals surface area contributed by atoms with Gasteiger partial charge in [-0.25, -0.2) is 4.98 Å². The Balaban J connectivity index is 1.59. The van der Waals surface area contributed by atoms with Gasteiger partial charge >= 0.3 is 5.97 Å². The van der Waals surface area contributed by atoms with Crippen LogP contribution in [0.4, 0.5) is 5.69 Å². The fourth-order valence-corrected chi connectivity index (χ4v) is 4.79. The zero-order valence-corrected chi connectivity index (χ0v) is 17.9. The van der Waals surface area contributed by atoms with Crippen LogP contribution in [0.2, 0.25) is 0 Å². The van der Waals surface area contributed by atoms with Crippen molar-refractivity contribution in [3.8, 4) is 0 Å². The number of nitro groups is 1. The van der Waals surface area contributed by atoms with Crippen LogP contribution in [0.1, 0.15) is 23.5 Å². The van der Waals surface area contributed by atoms with Gasteiger partial charge in [0.25, 0.3) is 5.69 Å². The minimum absolute atomic E-state index is 0.0674. The van der Waals surface area contributed by atoms with Crippen LogP contribution in [0.5, 0.6) is 0 Å². The first-order chi connectivity index (χ1) is 15.5. The van der Waals surface area contributed by atoms with Gasteiger partial charge in [-0.05, 0) is 23.6 Å². The number of nitrogens with zero attached hydrogens (tertiary/aromatic N) is 3. The monoisotopic (exact) mass is 447 g/mol. The van der Waals surface area contributed by atoms with Crippen molar-refractivity contribution in [3.05, 3.63) is 100 Å². The molecule has 3 aromatic carbocycles. The summed E-state index contributed by atoms with van der Waals surface area (Å²) < 4.78 is 1.60. The number of non-ortho nitro benzene ring substituents is 1. The molecule has 0 aliphatic heterocycles. The molecule has 4 aromatic rings. The number of thioether (sulfide) groups is 1. The molecule has 1 heterocycles. The molecule has 1 aromatic heterocycles. The van der Waals surface area contributed by atoms with E-state index in [0.29, 0.717) is 21.9 Å². The highest BCUT2D eigenvalue weighted by molar-refractivity contribution is 7.99. The maximum absolute atomic E-state index is 11.4. The number of rotatable bonds is 9. The highest BCUT2D eigenvalue weighted by atomic mass is 32.2. The van der Waals surface area contributed by atoms with E-state index in [2.05, 4.69) is 29.2 Å². The van der Waals surface area contributed by atoms with Crippen LogP contribution < -0.4 is 0 Å². The van der Waals surface area contributed by atoms with Crippen molar-refractivity contribution < 1.29 is 14.8 Å². The van der Waals surface area contributed by atoms with Gasteiger partial charge < -0.3 is 9.67 Å². The lowest BCUT2D eigenvalue weighted by Gasteiger charge is -2.18. The maximum atomic E-state index is 11.4. The number of carboxylic acids is 1. The summed E-state index contributed by atoms with van der Waals surface area (Å²) in [6, 6.07) is 24.9. The van der Waals surface area contributed by atoms with Gasteiger partial charge in [0.05, 0.1) is 16.0 Å². The van der Waals surface area contributed by atoms with Crippen molar-refractivity contribution in [3.63, 3.8) is 0 Å². The van der Waals surface area contributed by atoms with E-state index in [-0.39, 0.29) is 18.2 Å². The van der Waals surface area contributed by atoms with Gasteiger partial charge in [0.15, 0.2) is 5.16 Å². The molecule has 4 rings (SSSR count). The quantitative estimate of drug-likeness (QED) is 0.211. The number of hydrogen-bond donors (Lipinski definition) is 1. The predicted molar refractivity (Wildman–Crippen MR) is 124 cm³/mol. The molecule has 0 bridgehead atoms. The third-order valence-electron chi connectivity index (χ3n) is 5.24. The average molecular weight is 448 g/mol. The zero-order valence-electron chi connectivity index (χ0n) is 17.1. The normalized spacial score (nSPS) is 11.2. The third-order valence-corrected chi connectivity index (χ3v) is 6.25. The summed E-state index contributed by atoms with van der Waals surface area (Å²) in [5.41, 5.74) is 3.36. The highest BCUT2D eigenvalue weighted by Gasteiger charge is 2.19. The van der Waals surface area contributed by atoms with Gasteiger partial charge in [0.1, 0.15) is 6.54 Å². The van der Waals surface area contributed by atoms with Crippen molar-refractivity contribution in [2.75, 3.05) is 5.75 Å². The molecule has 0 spiro atoms. The number of aromatic nitrogens is 2. The van der Waals surface area contributed by atoms with Crippen LogP contribution in [-0.4, -0.2) is 31.3 Å². The number of carbonyl (C=O) groups is 1. The Morgan fingerprint density at radius 3 is 2.22 bits per heavy atom. The van der Waals surface area contributed by atoms with E-state index in [1.54, 1.807) is 10.6 Å². The largest absolute Gasteiger partial charge is 0.480 e. The molecule has 0 amide bonds. The third kappa shape index (κ3) is 4.81. The van der Waals surface area contributed by atoms with Crippen molar-refractivity contribution in [1.82, 2.24) is 9.55 Å². The lowest BCUT2D eigenvalue weighted by molar-refractivity contribution is -0.384. The smallest absolute Gasteiger partial charge is 0.323 e. The van der Waals surface area contributed by atoms with E-state index in [9.17, 15) is 20.0 Å². The number of benzene rings is 3. The van der Waals surface area contributed by atoms with E-state index in [1.165, 1.54) is 35.0 Å². The molecule has 0 radical (unpaired) electrons. The van der Waals surface area contributed by atoms with Crippen LogP contribution >= 0.6 is 11.8 Å². The fourth-order valence-electron chi connectivity index (χ4n) is 3.77. The first-order valence-corrected chi connectivity index (χ1v) is 11.1. The molecule has 0 aliphatic rings. The standard InChI is InChI=1S/C24H21N3O4S/c28-23(29)16-26-22-12-11-19(27(30)31)15-21(22)25-24(26)32-14-13-20(17-7-3-1-4-8-17)18-9-5-2-6-10-18/h1-12,15,20H,13-14,16H2,(H,28,29). The van der Waals surface area contributed by atoms with Crippen LogP contribution in [0.25, 0.3) is 11.0 Å². The molecule has 0 saturated carbocycles. The number of hydrogen-bond acceptors (Lipinski definition) is 5. The second kappa shape index (κ2) is 9.65. The van der Waals surface area contributed by atoms with Crippen LogP contribution in [-0.2, 0) is 11.3 Å². The first kappa shape index (κ1) is 21.6. The fraction of sp³-hybridized carbons (Fsp3) is 0.167. The van der Waals surface area contributed by atoms with Crippen molar-refractivity contribution in [2.24, 2.45) is 0 Å². The maximum Gasteiger partial charge on any atom is 0.323 e. The second-order valence-corrected chi connectivity index (χ2v) is 8.38. The zero-order chi connectivity index (χ0) is 22.5. The summed E-state index contributed by atoms with van der Waals surface area (Å²) in [6.07, 6.45) is 0.828. The van der Waals surface area contributed by atoms with E-state index in [4.69, 9.17) is 0 Å². The molecular formula is C24H21N3O4S. The molecule has 162 valence electrons. The summed E-state index contributed by atoms with van der Waals surface area (Å²) in [5, 5.41) is 21.0. The first-order valence-electron chi connectivity index (χ1n) is 10.1. The molecule has 0 unspecified atom stereocenters. The van der Waals surface area contributed by atoms with E-state index < -0.39 is 10.9 Å². The number of imidazole rings is 1. The number of nitro benzene ring substituents is 1. The van der Waals surface area contributed by atoms with Gasteiger partial charge in [0, 0.05) is 23.8 Å².